The average molecular weight is 286 g/mol. The fraction of sp³-hybridized carbons (Fsp3) is 0.529. The summed E-state index contributed by atoms with van der Waals surface area (Å²) in [7, 11) is 0. The lowest BCUT2D eigenvalue weighted by Gasteiger charge is -2.31. The van der Waals surface area contributed by atoms with Gasteiger partial charge in [0.25, 0.3) is 11.8 Å². The third kappa shape index (κ3) is 2.27. The summed E-state index contributed by atoms with van der Waals surface area (Å²) in [5.74, 6) is 0.670. The topological polar surface area (TPSA) is 49.4 Å². The van der Waals surface area contributed by atoms with Crippen molar-refractivity contribution in [3.8, 4) is 0 Å². The number of nitrogens with one attached hydrogen (secondary N) is 1. The molecular weight excluding hydrogens is 264 g/mol. The van der Waals surface area contributed by atoms with Gasteiger partial charge < -0.3 is 5.32 Å². The largest absolute Gasteiger partial charge is 0.316 e. The number of carbonyl (C=O) groups excluding carboxylic acids is 2. The maximum absolute atomic E-state index is 12.7. The van der Waals surface area contributed by atoms with E-state index in [1.54, 1.807) is 0 Å². The fourth-order valence-corrected chi connectivity index (χ4v) is 3.46. The molecule has 0 aromatic heterocycles. The second-order valence-corrected chi connectivity index (χ2v) is 6.40. The van der Waals surface area contributed by atoms with Gasteiger partial charge in [-0.15, -0.1) is 0 Å². The second-order valence-electron chi connectivity index (χ2n) is 6.40. The molecular formula is C17H22N2O2. The molecule has 2 aliphatic heterocycles. The maximum atomic E-state index is 12.7. The SMILES string of the molecule is Cc1ccc(C)c2c1C(=O)N(CC1CCNCC1C)C2=O. The number of carbonyl (C=O) groups is 2. The number of amides is 2. The van der Waals surface area contributed by atoms with Crippen molar-refractivity contribution in [2.45, 2.75) is 27.2 Å². The molecule has 3 rings (SSSR count). The van der Waals surface area contributed by atoms with Crippen LogP contribution in [0.1, 0.15) is 45.2 Å². The number of aryl methyl sites for hydroxylation is 2. The minimum Gasteiger partial charge on any atom is -0.316 e. The van der Waals surface area contributed by atoms with E-state index >= 15 is 0 Å². The normalized spacial score (nSPS) is 25.4. The lowest BCUT2D eigenvalue weighted by Crippen LogP contribution is -2.43. The van der Waals surface area contributed by atoms with E-state index in [4.69, 9.17) is 0 Å². The molecule has 2 aliphatic rings. The summed E-state index contributed by atoms with van der Waals surface area (Å²) < 4.78 is 0. The van der Waals surface area contributed by atoms with Crippen molar-refractivity contribution in [3.05, 3.63) is 34.4 Å². The van der Waals surface area contributed by atoms with Gasteiger partial charge in [0.1, 0.15) is 0 Å². The van der Waals surface area contributed by atoms with Crippen LogP contribution in [0.5, 0.6) is 0 Å². The fourth-order valence-electron chi connectivity index (χ4n) is 3.46. The molecule has 4 heteroatoms. The first-order chi connectivity index (χ1) is 10.0. The molecule has 112 valence electrons. The molecule has 0 radical (unpaired) electrons. The summed E-state index contributed by atoms with van der Waals surface area (Å²) in [4.78, 5) is 26.8. The molecule has 1 N–H and O–H groups in total. The molecule has 1 aromatic rings. The summed E-state index contributed by atoms with van der Waals surface area (Å²) in [5, 5.41) is 3.36. The number of hydrogen-bond donors (Lipinski definition) is 1. The summed E-state index contributed by atoms with van der Waals surface area (Å²) in [5.41, 5.74) is 3.02. The van der Waals surface area contributed by atoms with Gasteiger partial charge in [-0.1, -0.05) is 19.1 Å². The molecule has 1 saturated heterocycles. The van der Waals surface area contributed by atoms with Crippen molar-refractivity contribution in [1.29, 1.82) is 0 Å². The predicted molar refractivity (Wildman–Crippen MR) is 81.4 cm³/mol. The second kappa shape index (κ2) is 5.26. The Morgan fingerprint density at radius 3 is 2.24 bits per heavy atom. The third-order valence-electron chi connectivity index (χ3n) is 4.92. The van der Waals surface area contributed by atoms with E-state index < -0.39 is 0 Å². The first-order valence-corrected chi connectivity index (χ1v) is 7.67. The molecule has 2 atom stereocenters. The monoisotopic (exact) mass is 286 g/mol. The molecule has 2 amide bonds. The summed E-state index contributed by atoms with van der Waals surface area (Å²) in [6.07, 6.45) is 1.02. The lowest BCUT2D eigenvalue weighted by atomic mass is 9.87. The van der Waals surface area contributed by atoms with Crippen molar-refractivity contribution in [1.82, 2.24) is 10.2 Å². The van der Waals surface area contributed by atoms with Crippen LogP contribution in [0.4, 0.5) is 0 Å². The molecule has 1 aromatic carbocycles. The third-order valence-corrected chi connectivity index (χ3v) is 4.92. The molecule has 2 heterocycles. The Balaban J connectivity index is 1.89. The van der Waals surface area contributed by atoms with Crippen LogP contribution in [0, 0.1) is 25.7 Å². The van der Waals surface area contributed by atoms with Gasteiger partial charge in [-0.3, -0.25) is 14.5 Å². The van der Waals surface area contributed by atoms with E-state index in [2.05, 4.69) is 12.2 Å². The Bertz CT molecular complexity index is 568. The van der Waals surface area contributed by atoms with E-state index in [0.717, 1.165) is 30.6 Å². The van der Waals surface area contributed by atoms with Gasteiger partial charge in [0, 0.05) is 6.54 Å². The van der Waals surface area contributed by atoms with Crippen LogP contribution in [-0.4, -0.2) is 36.3 Å². The van der Waals surface area contributed by atoms with Gasteiger partial charge in [0.15, 0.2) is 0 Å². The number of rotatable bonds is 2. The zero-order valence-electron chi connectivity index (χ0n) is 12.9. The van der Waals surface area contributed by atoms with Gasteiger partial charge in [-0.25, -0.2) is 0 Å². The van der Waals surface area contributed by atoms with Crippen LogP contribution in [-0.2, 0) is 0 Å². The standard InChI is InChI=1S/C17H22N2O2/c1-10-4-5-11(2)15-14(10)16(20)19(17(15)21)9-13-6-7-18-8-12(13)3/h4-5,12-13,18H,6-9H2,1-3H3. The van der Waals surface area contributed by atoms with E-state index in [0.29, 0.717) is 29.5 Å². The molecule has 0 saturated carbocycles. The Morgan fingerprint density at radius 2 is 1.71 bits per heavy atom. The Kier molecular flexibility index (Phi) is 3.57. The summed E-state index contributed by atoms with van der Waals surface area (Å²) in [6.45, 7) is 8.47. The molecule has 21 heavy (non-hydrogen) atoms. The summed E-state index contributed by atoms with van der Waals surface area (Å²) >= 11 is 0. The average Bonchev–Trinajstić information content (AvgIpc) is 2.71. The highest BCUT2D eigenvalue weighted by molar-refractivity contribution is 6.22. The first kappa shape index (κ1) is 14.3. The van der Waals surface area contributed by atoms with E-state index in [-0.39, 0.29) is 11.8 Å². The Hall–Kier alpha value is -1.68. The van der Waals surface area contributed by atoms with Crippen molar-refractivity contribution in [2.75, 3.05) is 19.6 Å². The zero-order chi connectivity index (χ0) is 15.1. The van der Waals surface area contributed by atoms with Crippen molar-refractivity contribution >= 4 is 11.8 Å². The quantitative estimate of drug-likeness (QED) is 0.848. The van der Waals surface area contributed by atoms with E-state index in [1.165, 1.54) is 4.90 Å². The number of benzene rings is 1. The van der Waals surface area contributed by atoms with Crippen LogP contribution in [0.3, 0.4) is 0 Å². The van der Waals surface area contributed by atoms with Crippen LogP contribution >= 0.6 is 0 Å². The van der Waals surface area contributed by atoms with Crippen LogP contribution in [0.2, 0.25) is 0 Å². The van der Waals surface area contributed by atoms with Crippen molar-refractivity contribution in [3.63, 3.8) is 0 Å². The lowest BCUT2D eigenvalue weighted by molar-refractivity contribution is 0.0598. The highest BCUT2D eigenvalue weighted by Crippen LogP contribution is 2.31. The summed E-state index contributed by atoms with van der Waals surface area (Å²) in [6, 6.07) is 3.85. The predicted octanol–water partition coefficient (Wildman–Crippen LogP) is 2.15. The van der Waals surface area contributed by atoms with Crippen LogP contribution in [0.25, 0.3) is 0 Å². The molecule has 0 spiro atoms. The first-order valence-electron chi connectivity index (χ1n) is 7.67. The number of piperidine rings is 1. The van der Waals surface area contributed by atoms with Crippen LogP contribution in [0.15, 0.2) is 12.1 Å². The van der Waals surface area contributed by atoms with Crippen molar-refractivity contribution in [2.24, 2.45) is 11.8 Å². The molecule has 0 bridgehead atoms. The molecule has 1 fully saturated rings. The zero-order valence-corrected chi connectivity index (χ0v) is 12.9. The number of nitrogens with zero attached hydrogens (tertiary/aromatic N) is 1. The van der Waals surface area contributed by atoms with Crippen LogP contribution < -0.4 is 5.32 Å². The van der Waals surface area contributed by atoms with Gasteiger partial charge in [0.2, 0.25) is 0 Å². The minimum absolute atomic E-state index is 0.109. The van der Waals surface area contributed by atoms with Gasteiger partial charge in [-0.05, 0) is 56.3 Å². The smallest absolute Gasteiger partial charge is 0.261 e. The molecule has 4 nitrogen and oxygen atoms in total. The number of imide groups is 1. The van der Waals surface area contributed by atoms with E-state index in [1.807, 2.05) is 26.0 Å². The van der Waals surface area contributed by atoms with Gasteiger partial charge in [-0.2, -0.15) is 0 Å². The Morgan fingerprint density at radius 1 is 1.14 bits per heavy atom. The van der Waals surface area contributed by atoms with Gasteiger partial charge >= 0.3 is 0 Å². The van der Waals surface area contributed by atoms with Gasteiger partial charge in [0.05, 0.1) is 11.1 Å². The number of hydrogen-bond acceptors (Lipinski definition) is 3. The minimum atomic E-state index is -0.109. The molecule has 2 unspecified atom stereocenters. The van der Waals surface area contributed by atoms with Crippen molar-refractivity contribution < 1.29 is 9.59 Å². The molecule has 0 aliphatic carbocycles. The number of fused-ring (bicyclic) bond motifs is 1. The Labute approximate surface area is 125 Å². The highest BCUT2D eigenvalue weighted by Gasteiger charge is 2.39. The maximum Gasteiger partial charge on any atom is 0.261 e. The van der Waals surface area contributed by atoms with E-state index in [9.17, 15) is 9.59 Å². The highest BCUT2D eigenvalue weighted by atomic mass is 16.2.